The summed E-state index contributed by atoms with van der Waals surface area (Å²) < 4.78 is 0. The van der Waals surface area contributed by atoms with Crippen LogP contribution >= 0.6 is 0 Å². The molecule has 0 unspecified atom stereocenters. The van der Waals surface area contributed by atoms with Gasteiger partial charge in [0.1, 0.15) is 0 Å². The molecule has 1 nitrogen and oxygen atoms in total. The first-order chi connectivity index (χ1) is 7.91. The standard InChI is InChI=1S/C16H27N/c1-12(2)7-9-15-10-8-14(5)16(11-15)17(6)13(3)4/h8,10-13H,7,9H2,1-6H3. The summed E-state index contributed by atoms with van der Waals surface area (Å²) in [5, 5.41) is 0. The number of aryl methyl sites for hydroxylation is 2. The lowest BCUT2D eigenvalue weighted by Gasteiger charge is -2.26. The van der Waals surface area contributed by atoms with Gasteiger partial charge in [-0.1, -0.05) is 26.0 Å². The van der Waals surface area contributed by atoms with Crippen molar-refractivity contribution in [3.05, 3.63) is 29.3 Å². The second kappa shape index (κ2) is 6.09. The zero-order chi connectivity index (χ0) is 13.0. The largest absolute Gasteiger partial charge is 0.372 e. The molecule has 0 fully saturated rings. The SMILES string of the molecule is Cc1ccc(CCC(C)C)cc1N(C)C(C)C. The molecule has 0 N–H and O–H groups in total. The average Bonchev–Trinajstić information content (AvgIpc) is 2.26. The van der Waals surface area contributed by atoms with Crippen LogP contribution in [-0.4, -0.2) is 13.1 Å². The van der Waals surface area contributed by atoms with Crippen molar-refractivity contribution in [3.63, 3.8) is 0 Å². The van der Waals surface area contributed by atoms with E-state index in [-0.39, 0.29) is 0 Å². The van der Waals surface area contributed by atoms with Crippen LogP contribution < -0.4 is 4.90 Å². The van der Waals surface area contributed by atoms with Gasteiger partial charge in [0.15, 0.2) is 0 Å². The summed E-state index contributed by atoms with van der Waals surface area (Å²) in [5.41, 5.74) is 4.21. The van der Waals surface area contributed by atoms with Crippen LogP contribution in [0, 0.1) is 12.8 Å². The van der Waals surface area contributed by atoms with Crippen molar-refractivity contribution >= 4 is 5.69 Å². The molecule has 0 atom stereocenters. The van der Waals surface area contributed by atoms with E-state index in [1.165, 1.54) is 29.7 Å². The molecule has 0 aliphatic rings. The Labute approximate surface area is 107 Å². The van der Waals surface area contributed by atoms with Crippen LogP contribution in [0.2, 0.25) is 0 Å². The van der Waals surface area contributed by atoms with E-state index in [1.54, 1.807) is 0 Å². The molecule has 1 rings (SSSR count). The molecule has 1 aromatic rings. The molecule has 0 saturated carbocycles. The van der Waals surface area contributed by atoms with E-state index < -0.39 is 0 Å². The summed E-state index contributed by atoms with van der Waals surface area (Å²) in [5.74, 6) is 0.780. The van der Waals surface area contributed by atoms with Crippen molar-refractivity contribution in [2.75, 3.05) is 11.9 Å². The van der Waals surface area contributed by atoms with E-state index in [9.17, 15) is 0 Å². The molecule has 0 saturated heterocycles. The zero-order valence-corrected chi connectivity index (χ0v) is 12.2. The number of nitrogens with zero attached hydrogens (tertiary/aromatic N) is 1. The van der Waals surface area contributed by atoms with Gasteiger partial charge in [0.05, 0.1) is 0 Å². The first kappa shape index (κ1) is 14.1. The third-order valence-corrected chi connectivity index (χ3v) is 3.44. The Balaban J connectivity index is 2.86. The summed E-state index contributed by atoms with van der Waals surface area (Å²) in [7, 11) is 2.18. The van der Waals surface area contributed by atoms with E-state index in [1.807, 2.05) is 0 Å². The van der Waals surface area contributed by atoms with E-state index in [2.05, 4.69) is 64.8 Å². The molecule has 0 heterocycles. The molecule has 1 heteroatoms. The smallest absolute Gasteiger partial charge is 0.0398 e. The topological polar surface area (TPSA) is 3.24 Å². The molecule has 0 aromatic heterocycles. The third-order valence-electron chi connectivity index (χ3n) is 3.44. The average molecular weight is 233 g/mol. The predicted octanol–water partition coefficient (Wildman–Crippen LogP) is 4.43. The number of benzene rings is 1. The van der Waals surface area contributed by atoms with Crippen LogP contribution in [0.5, 0.6) is 0 Å². The molecule has 0 aliphatic carbocycles. The lowest BCUT2D eigenvalue weighted by atomic mass is 10.0. The molecule has 0 radical (unpaired) electrons. The van der Waals surface area contributed by atoms with Gasteiger partial charge in [-0.15, -0.1) is 0 Å². The fourth-order valence-electron chi connectivity index (χ4n) is 1.92. The number of rotatable bonds is 5. The lowest BCUT2D eigenvalue weighted by Crippen LogP contribution is -2.26. The highest BCUT2D eigenvalue weighted by atomic mass is 15.1. The lowest BCUT2D eigenvalue weighted by molar-refractivity contribution is 0.586. The second-order valence-corrected chi connectivity index (χ2v) is 5.76. The molecule has 17 heavy (non-hydrogen) atoms. The van der Waals surface area contributed by atoms with E-state index >= 15 is 0 Å². The summed E-state index contributed by atoms with van der Waals surface area (Å²) >= 11 is 0. The highest BCUT2D eigenvalue weighted by Gasteiger charge is 2.09. The molecule has 96 valence electrons. The Morgan fingerprint density at radius 3 is 2.29 bits per heavy atom. The summed E-state index contributed by atoms with van der Waals surface area (Å²) in [4.78, 5) is 2.36. The Hall–Kier alpha value is -0.980. The molecular weight excluding hydrogens is 206 g/mol. The minimum Gasteiger partial charge on any atom is -0.372 e. The van der Waals surface area contributed by atoms with E-state index in [4.69, 9.17) is 0 Å². The Bertz CT molecular complexity index is 353. The quantitative estimate of drug-likeness (QED) is 0.727. The monoisotopic (exact) mass is 233 g/mol. The van der Waals surface area contributed by atoms with Gasteiger partial charge in [-0.3, -0.25) is 0 Å². The summed E-state index contributed by atoms with van der Waals surface area (Å²) in [6, 6.07) is 7.44. The van der Waals surface area contributed by atoms with Crippen LogP contribution in [-0.2, 0) is 6.42 Å². The maximum Gasteiger partial charge on any atom is 0.0398 e. The first-order valence-electron chi connectivity index (χ1n) is 6.74. The summed E-state index contributed by atoms with van der Waals surface area (Å²) in [6.07, 6.45) is 2.46. The second-order valence-electron chi connectivity index (χ2n) is 5.76. The van der Waals surface area contributed by atoms with Crippen molar-refractivity contribution in [1.82, 2.24) is 0 Å². The van der Waals surface area contributed by atoms with Crippen molar-refractivity contribution in [2.45, 2.75) is 53.5 Å². The van der Waals surface area contributed by atoms with Gasteiger partial charge in [0, 0.05) is 18.8 Å². The van der Waals surface area contributed by atoms with Crippen LogP contribution in [0.15, 0.2) is 18.2 Å². The van der Waals surface area contributed by atoms with E-state index in [0.717, 1.165) is 5.92 Å². The van der Waals surface area contributed by atoms with Crippen LogP contribution in [0.1, 0.15) is 45.2 Å². The fourth-order valence-corrected chi connectivity index (χ4v) is 1.92. The molecule has 0 bridgehead atoms. The zero-order valence-electron chi connectivity index (χ0n) is 12.2. The normalized spacial score (nSPS) is 11.3. The molecular formula is C16H27N. The highest BCUT2D eigenvalue weighted by molar-refractivity contribution is 5.55. The minimum atomic E-state index is 0.550. The highest BCUT2D eigenvalue weighted by Crippen LogP contribution is 2.23. The van der Waals surface area contributed by atoms with Crippen molar-refractivity contribution in [1.29, 1.82) is 0 Å². The molecule has 0 amide bonds. The predicted molar refractivity (Wildman–Crippen MR) is 77.9 cm³/mol. The van der Waals surface area contributed by atoms with Gasteiger partial charge in [0.25, 0.3) is 0 Å². The molecule has 1 aromatic carbocycles. The van der Waals surface area contributed by atoms with Gasteiger partial charge < -0.3 is 4.90 Å². The van der Waals surface area contributed by atoms with Crippen LogP contribution in [0.25, 0.3) is 0 Å². The Kier molecular flexibility index (Phi) is 5.04. The fraction of sp³-hybridized carbons (Fsp3) is 0.625. The summed E-state index contributed by atoms with van der Waals surface area (Å²) in [6.45, 7) is 11.2. The van der Waals surface area contributed by atoms with Crippen molar-refractivity contribution in [2.24, 2.45) is 5.92 Å². The third kappa shape index (κ3) is 4.07. The van der Waals surface area contributed by atoms with Gasteiger partial charge >= 0.3 is 0 Å². The van der Waals surface area contributed by atoms with Crippen molar-refractivity contribution < 1.29 is 0 Å². The van der Waals surface area contributed by atoms with Gasteiger partial charge in [-0.25, -0.2) is 0 Å². The minimum absolute atomic E-state index is 0.550. The Morgan fingerprint density at radius 1 is 1.12 bits per heavy atom. The first-order valence-corrected chi connectivity index (χ1v) is 6.74. The Morgan fingerprint density at radius 2 is 1.76 bits per heavy atom. The number of hydrogen-bond donors (Lipinski definition) is 0. The molecule has 0 spiro atoms. The van der Waals surface area contributed by atoms with Crippen LogP contribution in [0.4, 0.5) is 5.69 Å². The maximum atomic E-state index is 2.36. The van der Waals surface area contributed by atoms with Gasteiger partial charge in [-0.05, 0) is 56.7 Å². The molecule has 0 aliphatic heterocycles. The number of hydrogen-bond acceptors (Lipinski definition) is 1. The van der Waals surface area contributed by atoms with Gasteiger partial charge in [-0.2, -0.15) is 0 Å². The number of anilines is 1. The van der Waals surface area contributed by atoms with Crippen molar-refractivity contribution in [3.8, 4) is 0 Å². The van der Waals surface area contributed by atoms with E-state index in [0.29, 0.717) is 6.04 Å². The van der Waals surface area contributed by atoms with Crippen LogP contribution in [0.3, 0.4) is 0 Å². The van der Waals surface area contributed by atoms with Gasteiger partial charge in [0.2, 0.25) is 0 Å². The maximum absolute atomic E-state index is 2.36.